The molecule has 64 heavy (non-hydrogen) atoms. The fourth-order valence-corrected chi connectivity index (χ4v) is 8.81. The minimum atomic E-state index is -0.848. The number of allylic oxidation sites excluding steroid dienone is 3. The Morgan fingerprint density at radius 1 is 0.422 bits per heavy atom. The number of carbonyl (C=O) groups excluding carboxylic acids is 2. The zero-order valence-electron chi connectivity index (χ0n) is 43.0. The first-order chi connectivity index (χ1) is 31.5. The van der Waals surface area contributed by atoms with Gasteiger partial charge in [-0.15, -0.1) is 0 Å². The van der Waals surface area contributed by atoms with Crippen LogP contribution in [0.5, 0.6) is 0 Å². The third-order valence-electron chi connectivity index (χ3n) is 13.2. The van der Waals surface area contributed by atoms with Crippen molar-refractivity contribution in [3.63, 3.8) is 0 Å². The van der Waals surface area contributed by atoms with E-state index in [1.165, 1.54) is 238 Å². The summed E-state index contributed by atoms with van der Waals surface area (Å²) >= 11 is 0. The van der Waals surface area contributed by atoms with Crippen LogP contribution >= 0.6 is 0 Å². The van der Waals surface area contributed by atoms with E-state index in [0.717, 1.165) is 44.9 Å². The molecule has 2 atom stereocenters. The normalized spacial score (nSPS) is 12.8. The largest absolute Gasteiger partial charge is 0.466 e. The van der Waals surface area contributed by atoms with Crippen molar-refractivity contribution in [2.45, 2.75) is 321 Å². The summed E-state index contributed by atoms with van der Waals surface area (Å²) in [7, 11) is 0. The third-order valence-corrected chi connectivity index (χ3v) is 13.2. The molecule has 0 aromatic heterocycles. The van der Waals surface area contributed by atoms with Gasteiger partial charge >= 0.3 is 5.97 Å². The van der Waals surface area contributed by atoms with E-state index in [2.05, 4.69) is 31.3 Å². The maximum Gasteiger partial charge on any atom is 0.305 e. The van der Waals surface area contributed by atoms with Crippen LogP contribution in [0.3, 0.4) is 0 Å². The number of hydrogen-bond acceptors (Lipinski definition) is 5. The Hall–Kier alpha value is -1.66. The van der Waals surface area contributed by atoms with Crippen LogP contribution in [0.1, 0.15) is 309 Å². The molecular weight excluding hydrogens is 791 g/mol. The van der Waals surface area contributed by atoms with Crippen molar-refractivity contribution in [3.05, 3.63) is 24.3 Å². The zero-order chi connectivity index (χ0) is 46.5. The van der Waals surface area contributed by atoms with Crippen LogP contribution in [-0.2, 0) is 14.3 Å². The topological polar surface area (TPSA) is 95.9 Å². The number of amides is 1. The number of unbranched alkanes of at least 4 members (excludes halogenated alkanes) is 40. The third kappa shape index (κ3) is 49.8. The summed E-state index contributed by atoms with van der Waals surface area (Å²) in [4.78, 5) is 24.5. The number of nitrogens with one attached hydrogen (secondary N) is 1. The lowest BCUT2D eigenvalue weighted by molar-refractivity contribution is -0.143. The molecule has 0 aromatic rings. The van der Waals surface area contributed by atoms with E-state index < -0.39 is 12.1 Å². The molecule has 0 saturated heterocycles. The summed E-state index contributed by atoms with van der Waals surface area (Å²) in [5.41, 5.74) is 0. The second-order valence-corrected chi connectivity index (χ2v) is 19.6. The molecule has 6 heteroatoms. The van der Waals surface area contributed by atoms with Gasteiger partial charge in [0.05, 0.1) is 25.4 Å². The Labute approximate surface area is 399 Å². The van der Waals surface area contributed by atoms with E-state index in [4.69, 9.17) is 4.74 Å². The second kappa shape index (κ2) is 54.0. The fraction of sp³-hybridized carbons (Fsp3) is 0.897. The molecule has 0 bridgehead atoms. The van der Waals surface area contributed by atoms with Gasteiger partial charge in [0.25, 0.3) is 0 Å². The Morgan fingerprint density at radius 2 is 0.734 bits per heavy atom. The standard InChI is InChI=1S/C58H111NO5/c1-3-5-7-9-11-13-15-17-19-20-24-28-32-36-40-44-48-52-58(63)64-53-49-45-41-37-33-29-25-22-21-23-27-31-35-39-43-47-51-57(62)59-55(54-60)56(61)50-46-42-38-34-30-26-18-16-14-12-10-8-6-4-2/h17,19,46,50,55-56,60-61H,3-16,18,20-45,47-49,51-54H2,1-2H3,(H,59,62)/b19-17-,50-46+. The highest BCUT2D eigenvalue weighted by Gasteiger charge is 2.18. The molecule has 0 rings (SSSR count). The predicted octanol–water partition coefficient (Wildman–Crippen LogP) is 17.5. The highest BCUT2D eigenvalue weighted by Crippen LogP contribution is 2.17. The zero-order valence-corrected chi connectivity index (χ0v) is 43.0. The molecule has 1 amide bonds. The van der Waals surface area contributed by atoms with Gasteiger partial charge in [-0.25, -0.2) is 0 Å². The maximum absolute atomic E-state index is 12.4. The molecule has 2 unspecified atom stereocenters. The molecule has 0 fully saturated rings. The molecular formula is C58H111NO5. The monoisotopic (exact) mass is 902 g/mol. The van der Waals surface area contributed by atoms with Gasteiger partial charge in [0.2, 0.25) is 5.91 Å². The number of hydrogen-bond donors (Lipinski definition) is 3. The van der Waals surface area contributed by atoms with Crippen molar-refractivity contribution >= 4 is 11.9 Å². The van der Waals surface area contributed by atoms with Crippen LogP contribution in [0.15, 0.2) is 24.3 Å². The van der Waals surface area contributed by atoms with Crippen LogP contribution in [0.4, 0.5) is 0 Å². The van der Waals surface area contributed by atoms with Gasteiger partial charge < -0.3 is 20.3 Å². The molecule has 0 spiro atoms. The summed E-state index contributed by atoms with van der Waals surface area (Å²) in [6.45, 7) is 4.89. The number of aliphatic hydroxyl groups is 2. The molecule has 3 N–H and O–H groups in total. The van der Waals surface area contributed by atoms with Gasteiger partial charge in [-0.2, -0.15) is 0 Å². The van der Waals surface area contributed by atoms with Crippen molar-refractivity contribution in [3.8, 4) is 0 Å². The van der Waals surface area contributed by atoms with E-state index in [9.17, 15) is 19.8 Å². The molecule has 0 saturated carbocycles. The van der Waals surface area contributed by atoms with Crippen molar-refractivity contribution in [1.29, 1.82) is 0 Å². The number of ether oxygens (including phenoxy) is 1. The Balaban J connectivity index is 3.43. The first-order valence-corrected chi connectivity index (χ1v) is 28.6. The van der Waals surface area contributed by atoms with E-state index in [0.29, 0.717) is 19.4 Å². The van der Waals surface area contributed by atoms with E-state index in [1.807, 2.05) is 6.08 Å². The number of rotatable bonds is 53. The van der Waals surface area contributed by atoms with E-state index in [1.54, 1.807) is 6.08 Å². The van der Waals surface area contributed by atoms with Crippen LogP contribution in [0.25, 0.3) is 0 Å². The molecule has 378 valence electrons. The summed E-state index contributed by atoms with van der Waals surface area (Å²) in [6, 6.07) is -0.632. The molecule has 0 aliphatic heterocycles. The van der Waals surface area contributed by atoms with E-state index in [-0.39, 0.29) is 18.5 Å². The average molecular weight is 903 g/mol. The minimum absolute atomic E-state index is 0.00107. The van der Waals surface area contributed by atoms with Gasteiger partial charge in [0.15, 0.2) is 0 Å². The Kier molecular flexibility index (Phi) is 52.6. The number of esters is 1. The van der Waals surface area contributed by atoms with Gasteiger partial charge in [-0.3, -0.25) is 9.59 Å². The summed E-state index contributed by atoms with van der Waals surface area (Å²) in [5.74, 6) is -0.0752. The van der Waals surface area contributed by atoms with Crippen molar-refractivity contribution in [1.82, 2.24) is 5.32 Å². The molecule has 0 aliphatic rings. The number of carbonyl (C=O) groups is 2. The van der Waals surface area contributed by atoms with Crippen molar-refractivity contribution in [2.24, 2.45) is 0 Å². The lowest BCUT2D eigenvalue weighted by Gasteiger charge is -2.20. The SMILES string of the molecule is CCCCCCCC/C=C\CCCCCCCCCC(=O)OCCCCCCCCCCCCCCCCCCC(=O)NC(CO)C(O)/C=C/CCCCCCCCCCCCCC. The maximum atomic E-state index is 12.4. The first kappa shape index (κ1) is 62.3. The predicted molar refractivity (Wildman–Crippen MR) is 278 cm³/mol. The van der Waals surface area contributed by atoms with Gasteiger partial charge in [0, 0.05) is 12.8 Å². The Bertz CT molecular complexity index is 997. The smallest absolute Gasteiger partial charge is 0.305 e. The van der Waals surface area contributed by atoms with Gasteiger partial charge in [0.1, 0.15) is 0 Å². The van der Waals surface area contributed by atoms with Gasteiger partial charge in [-0.1, -0.05) is 263 Å². The fourth-order valence-electron chi connectivity index (χ4n) is 8.81. The highest BCUT2D eigenvalue weighted by atomic mass is 16.5. The highest BCUT2D eigenvalue weighted by molar-refractivity contribution is 5.76. The van der Waals surface area contributed by atoms with Crippen molar-refractivity contribution in [2.75, 3.05) is 13.2 Å². The average Bonchev–Trinajstić information content (AvgIpc) is 3.29. The lowest BCUT2D eigenvalue weighted by atomic mass is 10.0. The van der Waals surface area contributed by atoms with Crippen LogP contribution in [-0.4, -0.2) is 47.4 Å². The Morgan fingerprint density at radius 3 is 1.11 bits per heavy atom. The molecule has 0 aliphatic carbocycles. The molecule has 0 heterocycles. The van der Waals surface area contributed by atoms with Crippen molar-refractivity contribution < 1.29 is 24.5 Å². The molecule has 0 radical (unpaired) electrons. The lowest BCUT2D eigenvalue weighted by Crippen LogP contribution is -2.45. The summed E-state index contributed by atoms with van der Waals surface area (Å²) in [6.07, 6.45) is 64.8. The minimum Gasteiger partial charge on any atom is -0.466 e. The summed E-state index contributed by atoms with van der Waals surface area (Å²) in [5, 5.41) is 23.1. The van der Waals surface area contributed by atoms with E-state index >= 15 is 0 Å². The van der Waals surface area contributed by atoms with Crippen LogP contribution < -0.4 is 5.32 Å². The first-order valence-electron chi connectivity index (χ1n) is 28.6. The summed E-state index contributed by atoms with van der Waals surface area (Å²) < 4.78 is 5.48. The molecule has 0 aromatic carbocycles. The van der Waals surface area contributed by atoms with Gasteiger partial charge in [-0.05, 0) is 57.8 Å². The number of aliphatic hydroxyl groups excluding tert-OH is 2. The quantitative estimate of drug-likeness (QED) is 0.0321. The van der Waals surface area contributed by atoms with Crippen LogP contribution in [0, 0.1) is 0 Å². The van der Waals surface area contributed by atoms with Crippen LogP contribution in [0.2, 0.25) is 0 Å². The second-order valence-electron chi connectivity index (χ2n) is 19.6. The molecule has 6 nitrogen and oxygen atoms in total.